The number of aryl methyl sites for hydroxylation is 1. The van der Waals surface area contributed by atoms with Gasteiger partial charge in [-0.15, -0.1) is 0 Å². The maximum atomic E-state index is 12.9. The van der Waals surface area contributed by atoms with Crippen LogP contribution in [0, 0.1) is 0 Å². The summed E-state index contributed by atoms with van der Waals surface area (Å²) in [5.74, 6) is 0.477. The standard InChI is InChI=1S/C22H26N2O5S/c1-3-18-17(16-9-5-6-10-19(16)28-18)15-23(2)22(25)20-11-12-21(29-20)30(26,27)24-13-7-4-8-14-24/h5-6,9-12H,3-4,7-8,13-15H2,1-2H3. The maximum absolute atomic E-state index is 12.9. The number of carbonyl (C=O) groups excluding carboxylic acids is 1. The van der Waals surface area contributed by atoms with Crippen LogP contribution in [0.5, 0.6) is 0 Å². The first kappa shape index (κ1) is 20.7. The molecule has 1 saturated heterocycles. The molecule has 30 heavy (non-hydrogen) atoms. The molecule has 0 N–H and O–H groups in total. The van der Waals surface area contributed by atoms with E-state index in [0.717, 1.165) is 41.6 Å². The van der Waals surface area contributed by atoms with E-state index in [-0.39, 0.29) is 16.8 Å². The summed E-state index contributed by atoms with van der Waals surface area (Å²) in [6.45, 7) is 3.32. The summed E-state index contributed by atoms with van der Waals surface area (Å²) < 4.78 is 38.4. The van der Waals surface area contributed by atoms with E-state index in [4.69, 9.17) is 8.83 Å². The number of nitrogens with zero attached hydrogens (tertiary/aromatic N) is 2. The lowest BCUT2D eigenvalue weighted by atomic mass is 10.1. The lowest BCUT2D eigenvalue weighted by Crippen LogP contribution is -2.35. The highest BCUT2D eigenvalue weighted by Crippen LogP contribution is 2.28. The highest BCUT2D eigenvalue weighted by atomic mass is 32.2. The van der Waals surface area contributed by atoms with Gasteiger partial charge in [-0.1, -0.05) is 31.5 Å². The number of amides is 1. The fourth-order valence-electron chi connectivity index (χ4n) is 3.91. The molecule has 1 aliphatic heterocycles. The summed E-state index contributed by atoms with van der Waals surface area (Å²) in [5.41, 5.74) is 1.75. The van der Waals surface area contributed by atoms with Crippen molar-refractivity contribution in [3.8, 4) is 0 Å². The Labute approximate surface area is 176 Å². The van der Waals surface area contributed by atoms with Crippen LogP contribution in [0.15, 0.2) is 50.3 Å². The molecule has 3 heterocycles. The van der Waals surface area contributed by atoms with Gasteiger partial charge in [0.2, 0.25) is 5.09 Å². The molecule has 0 bridgehead atoms. The van der Waals surface area contributed by atoms with Crippen LogP contribution >= 0.6 is 0 Å². The van der Waals surface area contributed by atoms with Crippen molar-refractivity contribution in [2.45, 2.75) is 44.2 Å². The van der Waals surface area contributed by atoms with Crippen LogP contribution in [0.1, 0.15) is 48.1 Å². The Morgan fingerprint density at radius 3 is 2.53 bits per heavy atom. The number of fused-ring (bicyclic) bond motifs is 1. The van der Waals surface area contributed by atoms with Crippen molar-refractivity contribution in [2.75, 3.05) is 20.1 Å². The third-order valence-corrected chi connectivity index (χ3v) is 7.32. The van der Waals surface area contributed by atoms with Crippen molar-refractivity contribution in [1.82, 2.24) is 9.21 Å². The molecule has 3 aromatic rings. The van der Waals surface area contributed by atoms with E-state index in [0.29, 0.717) is 26.1 Å². The molecule has 160 valence electrons. The lowest BCUT2D eigenvalue weighted by Gasteiger charge is -2.24. The van der Waals surface area contributed by atoms with Crippen molar-refractivity contribution in [3.63, 3.8) is 0 Å². The van der Waals surface area contributed by atoms with E-state index in [9.17, 15) is 13.2 Å². The molecule has 1 amide bonds. The van der Waals surface area contributed by atoms with Crippen LogP contribution in [0.3, 0.4) is 0 Å². The molecule has 4 rings (SSSR count). The van der Waals surface area contributed by atoms with E-state index in [1.54, 1.807) is 7.05 Å². The van der Waals surface area contributed by atoms with Gasteiger partial charge in [0.05, 0.1) is 0 Å². The van der Waals surface area contributed by atoms with Gasteiger partial charge in [0.15, 0.2) is 5.76 Å². The van der Waals surface area contributed by atoms with Crippen molar-refractivity contribution in [2.24, 2.45) is 0 Å². The quantitative estimate of drug-likeness (QED) is 0.589. The third kappa shape index (κ3) is 3.77. The van der Waals surface area contributed by atoms with Gasteiger partial charge in [0, 0.05) is 44.1 Å². The average molecular weight is 431 g/mol. The average Bonchev–Trinajstić information content (AvgIpc) is 3.40. The zero-order valence-electron chi connectivity index (χ0n) is 17.3. The Kier molecular flexibility index (Phi) is 5.71. The summed E-state index contributed by atoms with van der Waals surface area (Å²) in [7, 11) is -2.04. The van der Waals surface area contributed by atoms with Gasteiger partial charge in [0.25, 0.3) is 15.9 Å². The largest absolute Gasteiger partial charge is 0.461 e. The predicted octanol–water partition coefficient (Wildman–Crippen LogP) is 4.04. The van der Waals surface area contributed by atoms with Crippen molar-refractivity contribution < 1.29 is 22.0 Å². The van der Waals surface area contributed by atoms with Gasteiger partial charge in [-0.25, -0.2) is 8.42 Å². The molecular weight excluding hydrogens is 404 g/mol. The Morgan fingerprint density at radius 1 is 1.07 bits per heavy atom. The Bertz CT molecular complexity index is 1160. The van der Waals surface area contributed by atoms with Gasteiger partial charge in [0.1, 0.15) is 11.3 Å². The third-order valence-electron chi connectivity index (χ3n) is 5.55. The predicted molar refractivity (Wildman–Crippen MR) is 113 cm³/mol. The first-order valence-corrected chi connectivity index (χ1v) is 11.7. The highest BCUT2D eigenvalue weighted by molar-refractivity contribution is 7.89. The Balaban J connectivity index is 1.54. The minimum Gasteiger partial charge on any atom is -0.461 e. The van der Waals surface area contributed by atoms with Gasteiger partial charge in [-0.05, 0) is 31.0 Å². The molecule has 1 aliphatic rings. The molecule has 0 atom stereocenters. The molecule has 0 aliphatic carbocycles. The second-order valence-corrected chi connectivity index (χ2v) is 9.47. The molecular formula is C22H26N2O5S. The second-order valence-electron chi connectivity index (χ2n) is 7.60. The lowest BCUT2D eigenvalue weighted by molar-refractivity contribution is 0.0747. The van der Waals surface area contributed by atoms with Crippen LogP contribution in [-0.2, 0) is 23.0 Å². The number of para-hydroxylation sites is 1. The molecule has 7 nitrogen and oxygen atoms in total. The first-order chi connectivity index (χ1) is 14.4. The molecule has 2 aromatic heterocycles. The Hall–Kier alpha value is -2.58. The second kappa shape index (κ2) is 8.28. The Morgan fingerprint density at radius 2 is 1.80 bits per heavy atom. The van der Waals surface area contributed by atoms with Gasteiger partial charge < -0.3 is 13.7 Å². The van der Waals surface area contributed by atoms with Gasteiger partial charge in [-0.2, -0.15) is 4.31 Å². The smallest absolute Gasteiger partial charge is 0.289 e. The van der Waals surface area contributed by atoms with Crippen molar-refractivity contribution >= 4 is 26.9 Å². The first-order valence-electron chi connectivity index (χ1n) is 10.3. The number of sulfonamides is 1. The zero-order chi connectivity index (χ0) is 21.3. The summed E-state index contributed by atoms with van der Waals surface area (Å²) in [6, 6.07) is 10.5. The molecule has 1 fully saturated rings. The fraction of sp³-hybridized carbons (Fsp3) is 0.409. The van der Waals surface area contributed by atoms with Crippen molar-refractivity contribution in [1.29, 1.82) is 0 Å². The zero-order valence-corrected chi connectivity index (χ0v) is 18.1. The summed E-state index contributed by atoms with van der Waals surface area (Å²) >= 11 is 0. The fourth-order valence-corrected chi connectivity index (χ4v) is 5.34. The number of furan rings is 2. The topological polar surface area (TPSA) is 84.0 Å². The van der Waals surface area contributed by atoms with E-state index < -0.39 is 10.0 Å². The van der Waals surface area contributed by atoms with Gasteiger partial charge >= 0.3 is 0 Å². The monoisotopic (exact) mass is 430 g/mol. The number of benzene rings is 1. The van der Waals surface area contributed by atoms with E-state index in [2.05, 4.69) is 0 Å². The van der Waals surface area contributed by atoms with E-state index >= 15 is 0 Å². The number of rotatable bonds is 6. The molecule has 0 unspecified atom stereocenters. The van der Waals surface area contributed by atoms with Crippen molar-refractivity contribution in [3.05, 3.63) is 53.5 Å². The molecule has 0 spiro atoms. The number of hydrogen-bond acceptors (Lipinski definition) is 5. The van der Waals surface area contributed by atoms with E-state index in [1.165, 1.54) is 21.3 Å². The van der Waals surface area contributed by atoms with Crippen LogP contribution in [0.25, 0.3) is 11.0 Å². The minimum absolute atomic E-state index is 0.0129. The highest BCUT2D eigenvalue weighted by Gasteiger charge is 2.30. The molecule has 0 saturated carbocycles. The van der Waals surface area contributed by atoms with Crippen LogP contribution in [0.2, 0.25) is 0 Å². The summed E-state index contributed by atoms with van der Waals surface area (Å²) in [6.07, 6.45) is 3.42. The SMILES string of the molecule is CCc1oc2ccccc2c1CN(C)C(=O)c1ccc(S(=O)(=O)N2CCCCC2)o1. The maximum Gasteiger partial charge on any atom is 0.289 e. The minimum atomic E-state index is -3.71. The van der Waals surface area contributed by atoms with Crippen LogP contribution < -0.4 is 0 Å². The van der Waals surface area contributed by atoms with Crippen LogP contribution in [-0.4, -0.2) is 43.7 Å². The normalized spacial score (nSPS) is 15.5. The number of carbonyl (C=O) groups is 1. The number of hydrogen-bond donors (Lipinski definition) is 0. The van der Waals surface area contributed by atoms with Crippen LogP contribution in [0.4, 0.5) is 0 Å². The molecule has 1 aromatic carbocycles. The summed E-state index contributed by atoms with van der Waals surface area (Å²) in [4.78, 5) is 14.4. The number of piperidine rings is 1. The summed E-state index contributed by atoms with van der Waals surface area (Å²) in [5, 5.41) is 0.797. The molecule has 0 radical (unpaired) electrons. The van der Waals surface area contributed by atoms with E-state index in [1.807, 2.05) is 31.2 Å². The van der Waals surface area contributed by atoms with Gasteiger partial charge in [-0.3, -0.25) is 4.79 Å². The molecule has 8 heteroatoms.